The average molecular weight is 429 g/mol. The molecule has 168 valence electrons. The quantitative estimate of drug-likeness (QED) is 0.484. The van der Waals surface area contributed by atoms with Crippen LogP contribution >= 0.6 is 0 Å². The van der Waals surface area contributed by atoms with Crippen molar-refractivity contribution in [3.8, 4) is 5.75 Å². The molecule has 1 aromatic carbocycles. The summed E-state index contributed by atoms with van der Waals surface area (Å²) in [4.78, 5) is 19.5. The van der Waals surface area contributed by atoms with E-state index in [9.17, 15) is 4.79 Å². The lowest BCUT2D eigenvalue weighted by Crippen LogP contribution is -2.56. The number of hydrogen-bond donors (Lipinski definition) is 2. The van der Waals surface area contributed by atoms with Crippen LogP contribution in [0.3, 0.4) is 0 Å². The van der Waals surface area contributed by atoms with Crippen molar-refractivity contribution in [2.75, 3.05) is 45.6 Å². The van der Waals surface area contributed by atoms with Crippen LogP contribution in [0.4, 0.5) is 5.69 Å². The van der Waals surface area contributed by atoms with Crippen LogP contribution in [0.15, 0.2) is 35.5 Å². The molecule has 0 atom stereocenters. The van der Waals surface area contributed by atoms with E-state index in [0.29, 0.717) is 43.4 Å². The third kappa shape index (κ3) is 5.62. The van der Waals surface area contributed by atoms with Gasteiger partial charge in [-0.15, -0.1) is 0 Å². The number of amides is 1. The lowest BCUT2D eigenvalue weighted by molar-refractivity contribution is -0.115. The Morgan fingerprint density at radius 2 is 2.06 bits per heavy atom. The van der Waals surface area contributed by atoms with Crippen LogP contribution in [-0.2, 0) is 23.2 Å². The minimum absolute atomic E-state index is 0.197. The predicted octanol–water partition coefficient (Wildman–Crippen LogP) is 1.23. The van der Waals surface area contributed by atoms with E-state index in [4.69, 9.17) is 15.2 Å². The van der Waals surface area contributed by atoms with Gasteiger partial charge >= 0.3 is 0 Å². The Hall–Kier alpha value is -2.91. The van der Waals surface area contributed by atoms with Gasteiger partial charge in [0.2, 0.25) is 0 Å². The average Bonchev–Trinajstić information content (AvgIpc) is 3.18. The summed E-state index contributed by atoms with van der Waals surface area (Å²) in [6.07, 6.45) is 1.72. The molecule has 0 aliphatic carbocycles. The van der Waals surface area contributed by atoms with Crippen molar-refractivity contribution < 1.29 is 14.3 Å². The van der Waals surface area contributed by atoms with Crippen molar-refractivity contribution in [3.63, 3.8) is 0 Å². The summed E-state index contributed by atoms with van der Waals surface area (Å²) < 4.78 is 13.1. The van der Waals surface area contributed by atoms with E-state index in [0.717, 1.165) is 18.8 Å². The monoisotopic (exact) mass is 428 g/mol. The predicted molar refractivity (Wildman–Crippen MR) is 120 cm³/mol. The highest BCUT2D eigenvalue weighted by atomic mass is 16.5. The third-order valence-electron chi connectivity index (χ3n) is 5.58. The number of morpholine rings is 1. The van der Waals surface area contributed by atoms with Gasteiger partial charge in [-0.1, -0.05) is 0 Å². The summed E-state index contributed by atoms with van der Waals surface area (Å²) in [5.41, 5.74) is 8.20. The van der Waals surface area contributed by atoms with Gasteiger partial charge in [-0.25, -0.2) is 0 Å². The Labute approximate surface area is 183 Å². The van der Waals surface area contributed by atoms with E-state index in [2.05, 4.69) is 34.2 Å². The van der Waals surface area contributed by atoms with Crippen LogP contribution in [0, 0.1) is 0 Å². The van der Waals surface area contributed by atoms with E-state index in [1.54, 1.807) is 36.1 Å². The number of nitrogen functional groups attached to an aromatic ring is 1. The number of nitrogens with two attached hydrogens (primary N) is 1. The number of anilines is 1. The van der Waals surface area contributed by atoms with Gasteiger partial charge < -0.3 is 20.5 Å². The molecule has 1 aliphatic rings. The molecule has 3 rings (SSSR count). The number of hydrogen-bond acceptors (Lipinski definition) is 7. The van der Waals surface area contributed by atoms with Gasteiger partial charge in [-0.05, 0) is 38.1 Å². The maximum absolute atomic E-state index is 13.0. The minimum Gasteiger partial charge on any atom is -0.487 e. The second-order valence-electron chi connectivity index (χ2n) is 8.15. The molecule has 0 unspecified atom stereocenters. The Balaban J connectivity index is 1.67. The molecule has 2 heterocycles. The zero-order valence-electron chi connectivity index (χ0n) is 18.7. The van der Waals surface area contributed by atoms with Gasteiger partial charge in [0.15, 0.2) is 0 Å². The van der Waals surface area contributed by atoms with Crippen molar-refractivity contribution in [3.05, 3.63) is 41.7 Å². The molecule has 1 saturated heterocycles. The van der Waals surface area contributed by atoms with Gasteiger partial charge in [0.25, 0.3) is 5.91 Å². The zero-order valence-corrected chi connectivity index (χ0v) is 18.7. The molecule has 9 nitrogen and oxygen atoms in total. The molecule has 31 heavy (non-hydrogen) atoms. The minimum atomic E-state index is -0.265. The number of aryl methyl sites for hydroxylation is 1. The Bertz CT molecular complexity index is 931. The number of nitrogens with one attached hydrogen (secondary N) is 1. The van der Waals surface area contributed by atoms with Gasteiger partial charge in [0, 0.05) is 56.7 Å². The molecular formula is C22H32N6O3. The first-order chi connectivity index (χ1) is 14.8. The number of carbonyl (C=O) groups excluding carboxylic acids is 1. The molecule has 2 aromatic rings. The van der Waals surface area contributed by atoms with Gasteiger partial charge in [-0.3, -0.25) is 19.4 Å². The maximum Gasteiger partial charge on any atom is 0.270 e. The molecule has 1 aliphatic heterocycles. The van der Waals surface area contributed by atoms with E-state index in [1.807, 2.05) is 13.1 Å². The summed E-state index contributed by atoms with van der Waals surface area (Å²) in [7, 11) is 3.45. The third-order valence-corrected chi connectivity index (χ3v) is 5.58. The fourth-order valence-corrected chi connectivity index (χ4v) is 3.54. The van der Waals surface area contributed by atoms with Crippen LogP contribution in [0.2, 0.25) is 0 Å². The van der Waals surface area contributed by atoms with Crippen molar-refractivity contribution in [2.24, 2.45) is 12.0 Å². The van der Waals surface area contributed by atoms with Crippen molar-refractivity contribution >= 4 is 17.3 Å². The van der Waals surface area contributed by atoms with Crippen LogP contribution in [0.1, 0.15) is 25.1 Å². The Morgan fingerprint density at radius 1 is 1.32 bits per heavy atom. The number of aromatic nitrogens is 2. The van der Waals surface area contributed by atoms with Crippen molar-refractivity contribution in [1.29, 1.82) is 0 Å². The summed E-state index contributed by atoms with van der Waals surface area (Å²) in [5.74, 6) is 0.340. The molecule has 0 spiro atoms. The Kier molecular flexibility index (Phi) is 7.29. The maximum atomic E-state index is 13.0. The number of nitrogens with zero attached hydrogens (tertiary/aromatic N) is 4. The normalized spacial score (nSPS) is 15.7. The molecule has 1 fully saturated rings. The second kappa shape index (κ2) is 9.93. The van der Waals surface area contributed by atoms with Gasteiger partial charge in [0.1, 0.15) is 18.1 Å². The first-order valence-corrected chi connectivity index (χ1v) is 10.4. The smallest absolute Gasteiger partial charge is 0.270 e. The number of ether oxygens (including phenoxy) is 2. The summed E-state index contributed by atoms with van der Waals surface area (Å²) in [6, 6.07) is 7.15. The van der Waals surface area contributed by atoms with Gasteiger partial charge in [0.05, 0.1) is 18.9 Å². The molecule has 9 heteroatoms. The highest BCUT2D eigenvalue weighted by Gasteiger charge is 2.29. The highest BCUT2D eigenvalue weighted by molar-refractivity contribution is 6.46. The molecule has 3 N–H and O–H groups in total. The topological polar surface area (TPSA) is 107 Å². The molecular weight excluding hydrogens is 396 g/mol. The number of rotatable bonds is 8. The number of aliphatic imine (C=N–C) groups is 1. The van der Waals surface area contributed by atoms with Crippen LogP contribution < -0.4 is 15.8 Å². The fraction of sp³-hybridized carbons (Fsp3) is 0.500. The van der Waals surface area contributed by atoms with Crippen molar-refractivity contribution in [2.45, 2.75) is 26.0 Å². The standard InChI is InChI=1S/C22H32N6O3/c1-22(2,28-9-11-30-12-10-28)15-25-21(29)20(24-3)18-13-17(5-6-19(18)23)31-14-16-7-8-26-27(16)4/h5-8,13H,9-12,14-15,23H2,1-4H3,(H,25,29). The molecule has 0 bridgehead atoms. The van der Waals surface area contributed by atoms with E-state index < -0.39 is 0 Å². The lowest BCUT2D eigenvalue weighted by atomic mass is 10.0. The first-order valence-electron chi connectivity index (χ1n) is 10.4. The molecule has 1 amide bonds. The second-order valence-corrected chi connectivity index (χ2v) is 8.15. The number of benzene rings is 1. The largest absolute Gasteiger partial charge is 0.487 e. The molecule has 0 radical (unpaired) electrons. The summed E-state index contributed by atoms with van der Waals surface area (Å²) in [5, 5.41) is 7.15. The van der Waals surface area contributed by atoms with Gasteiger partial charge in [-0.2, -0.15) is 5.10 Å². The fourth-order valence-electron chi connectivity index (χ4n) is 3.54. The lowest BCUT2D eigenvalue weighted by Gasteiger charge is -2.40. The van der Waals surface area contributed by atoms with Crippen molar-refractivity contribution in [1.82, 2.24) is 20.0 Å². The molecule has 0 saturated carbocycles. The molecule has 1 aromatic heterocycles. The van der Waals surface area contributed by atoms with Crippen LogP contribution in [0.25, 0.3) is 0 Å². The summed E-state index contributed by atoms with van der Waals surface area (Å²) in [6.45, 7) is 8.19. The Morgan fingerprint density at radius 3 is 2.71 bits per heavy atom. The van der Waals surface area contributed by atoms with E-state index in [-0.39, 0.29) is 17.2 Å². The summed E-state index contributed by atoms with van der Waals surface area (Å²) >= 11 is 0. The number of carbonyl (C=O) groups is 1. The van der Waals surface area contributed by atoms with Crippen LogP contribution in [0.5, 0.6) is 5.75 Å². The van der Waals surface area contributed by atoms with Crippen LogP contribution in [-0.4, -0.2) is 71.7 Å². The van der Waals surface area contributed by atoms with E-state index in [1.165, 1.54) is 0 Å². The highest BCUT2D eigenvalue weighted by Crippen LogP contribution is 2.22. The SMILES string of the molecule is CN=C(C(=O)NCC(C)(C)N1CCOCC1)c1cc(OCc2ccnn2C)ccc1N. The zero-order chi connectivity index (χ0) is 22.4. The van der Waals surface area contributed by atoms with E-state index >= 15 is 0 Å². The first kappa shape index (κ1) is 22.8.